The van der Waals surface area contributed by atoms with Crippen LogP contribution < -0.4 is 5.32 Å². The largest absolute Gasteiger partial charge is 0.308 e. The molecule has 1 amide bonds. The van der Waals surface area contributed by atoms with Crippen LogP contribution in [0.3, 0.4) is 0 Å². The van der Waals surface area contributed by atoms with Crippen molar-refractivity contribution in [2.75, 3.05) is 5.32 Å². The molecule has 1 aromatic carbocycles. The van der Waals surface area contributed by atoms with Crippen molar-refractivity contribution in [1.29, 1.82) is 0 Å². The lowest BCUT2D eigenvalue weighted by Crippen LogP contribution is -2.15. The minimum absolute atomic E-state index is 0.209. The summed E-state index contributed by atoms with van der Waals surface area (Å²) < 4.78 is 3.27. The number of aryl methyl sites for hydroxylation is 2. The number of nitrogens with zero attached hydrogens (tertiary/aromatic N) is 4. The molecule has 3 aromatic rings. The van der Waals surface area contributed by atoms with E-state index in [1.807, 2.05) is 31.2 Å². The second-order valence-electron chi connectivity index (χ2n) is 5.74. The van der Waals surface area contributed by atoms with Gasteiger partial charge in [-0.1, -0.05) is 53.0 Å². The molecule has 0 saturated heterocycles. The summed E-state index contributed by atoms with van der Waals surface area (Å²) in [4.78, 5) is 12.1. The van der Waals surface area contributed by atoms with Crippen molar-refractivity contribution in [3.05, 3.63) is 63.0 Å². The van der Waals surface area contributed by atoms with Crippen molar-refractivity contribution in [2.24, 2.45) is 0 Å². The van der Waals surface area contributed by atoms with Gasteiger partial charge in [0.15, 0.2) is 5.82 Å². The first-order chi connectivity index (χ1) is 12.4. The Labute approximate surface area is 165 Å². The van der Waals surface area contributed by atoms with E-state index in [2.05, 4.69) is 15.5 Å². The van der Waals surface area contributed by atoms with Crippen molar-refractivity contribution in [3.8, 4) is 0 Å². The van der Waals surface area contributed by atoms with Crippen LogP contribution in [0.4, 0.5) is 5.82 Å². The van der Waals surface area contributed by atoms with Crippen molar-refractivity contribution in [2.45, 2.75) is 26.4 Å². The number of nitrogens with one attached hydrogen (secondary N) is 1. The molecule has 0 bridgehead atoms. The number of amides is 1. The average molecular weight is 413 g/mol. The second-order valence-corrected chi connectivity index (χ2v) is 6.96. The third-order valence-electron chi connectivity index (χ3n) is 3.72. The lowest BCUT2D eigenvalue weighted by Gasteiger charge is -2.05. The number of carbonyl (C=O) groups is 1. The second kappa shape index (κ2) is 8.12. The Balaban J connectivity index is 1.60. The van der Waals surface area contributed by atoms with E-state index in [1.165, 1.54) is 0 Å². The number of benzene rings is 1. The molecule has 136 valence electrons. The Morgan fingerprint density at radius 2 is 1.77 bits per heavy atom. The molecule has 0 fully saturated rings. The van der Waals surface area contributed by atoms with Crippen molar-refractivity contribution >= 4 is 46.5 Å². The van der Waals surface area contributed by atoms with Crippen LogP contribution in [-0.4, -0.2) is 25.5 Å². The highest BCUT2D eigenvalue weighted by Crippen LogP contribution is 2.22. The fourth-order valence-corrected chi connectivity index (χ4v) is 2.93. The third kappa shape index (κ3) is 4.58. The van der Waals surface area contributed by atoms with Crippen LogP contribution in [-0.2, 0) is 17.9 Å². The van der Waals surface area contributed by atoms with Gasteiger partial charge in [-0.05, 0) is 18.6 Å². The Hall–Kier alpha value is -2.02. The van der Waals surface area contributed by atoms with Gasteiger partial charge in [0.05, 0.1) is 17.3 Å². The first-order valence-electron chi connectivity index (χ1n) is 7.88. The number of hydrogen-bond acceptors (Lipinski definition) is 3. The van der Waals surface area contributed by atoms with Gasteiger partial charge in [0.25, 0.3) is 0 Å². The standard InChI is InChI=1S/C17H16Cl3N5O/c1-11-14(19)9-24(22-11)7-6-16(26)21-17-15(20)10-25(23-17)8-12-4-2-3-5-13(12)18/h2-5,9-10H,6-8H2,1H3,(H,21,23,26). The molecule has 3 rings (SSSR count). The summed E-state index contributed by atoms with van der Waals surface area (Å²) in [6.07, 6.45) is 3.57. The maximum absolute atomic E-state index is 12.1. The van der Waals surface area contributed by atoms with Crippen molar-refractivity contribution < 1.29 is 4.79 Å². The Morgan fingerprint density at radius 1 is 1.04 bits per heavy atom. The molecule has 0 unspecified atom stereocenters. The van der Waals surface area contributed by atoms with Gasteiger partial charge < -0.3 is 5.32 Å². The lowest BCUT2D eigenvalue weighted by atomic mass is 10.2. The minimum Gasteiger partial charge on any atom is -0.308 e. The Morgan fingerprint density at radius 3 is 2.46 bits per heavy atom. The van der Waals surface area contributed by atoms with E-state index < -0.39 is 0 Å². The summed E-state index contributed by atoms with van der Waals surface area (Å²) in [6, 6.07) is 7.49. The van der Waals surface area contributed by atoms with Crippen molar-refractivity contribution in [1.82, 2.24) is 19.6 Å². The van der Waals surface area contributed by atoms with Crippen molar-refractivity contribution in [3.63, 3.8) is 0 Å². The topological polar surface area (TPSA) is 64.7 Å². The van der Waals surface area contributed by atoms with Crippen LogP contribution in [0.2, 0.25) is 15.1 Å². The highest BCUT2D eigenvalue weighted by molar-refractivity contribution is 6.33. The predicted molar refractivity (Wildman–Crippen MR) is 103 cm³/mol. The van der Waals surface area contributed by atoms with Gasteiger partial charge in [0.2, 0.25) is 5.91 Å². The molecule has 26 heavy (non-hydrogen) atoms. The monoisotopic (exact) mass is 411 g/mol. The molecule has 0 aliphatic rings. The third-order valence-corrected chi connectivity index (χ3v) is 4.74. The molecule has 2 heterocycles. The van der Waals surface area contributed by atoms with Gasteiger partial charge in [-0.2, -0.15) is 10.2 Å². The van der Waals surface area contributed by atoms with Gasteiger partial charge in [0.1, 0.15) is 5.02 Å². The quantitative estimate of drug-likeness (QED) is 0.651. The van der Waals surface area contributed by atoms with Crippen LogP contribution in [0.5, 0.6) is 0 Å². The molecule has 6 nitrogen and oxygen atoms in total. The van der Waals surface area contributed by atoms with Crippen LogP contribution in [0.15, 0.2) is 36.7 Å². The minimum atomic E-state index is -0.209. The molecular weight excluding hydrogens is 397 g/mol. The van der Waals surface area contributed by atoms with Crippen LogP contribution in [0, 0.1) is 6.92 Å². The number of carbonyl (C=O) groups excluding carboxylic acids is 1. The summed E-state index contributed by atoms with van der Waals surface area (Å²) in [5.74, 6) is 0.109. The zero-order valence-corrected chi connectivity index (χ0v) is 16.2. The van der Waals surface area contributed by atoms with E-state index >= 15 is 0 Å². The molecule has 1 N–H and O–H groups in total. The van der Waals surface area contributed by atoms with E-state index in [0.29, 0.717) is 34.0 Å². The molecule has 0 spiro atoms. The zero-order valence-electron chi connectivity index (χ0n) is 13.9. The van der Waals surface area contributed by atoms with E-state index in [4.69, 9.17) is 34.8 Å². The van der Waals surface area contributed by atoms with Crippen LogP contribution >= 0.6 is 34.8 Å². The number of aromatic nitrogens is 4. The number of hydrogen-bond donors (Lipinski definition) is 1. The summed E-state index contributed by atoms with van der Waals surface area (Å²) >= 11 is 18.3. The Kier molecular flexibility index (Phi) is 5.86. The van der Waals surface area contributed by atoms with Gasteiger partial charge in [-0.25, -0.2) is 0 Å². The summed E-state index contributed by atoms with van der Waals surface area (Å²) in [5.41, 5.74) is 1.64. The number of rotatable bonds is 6. The van der Waals surface area contributed by atoms with Gasteiger partial charge in [-0.3, -0.25) is 14.2 Å². The van der Waals surface area contributed by atoms with Gasteiger partial charge in [0, 0.05) is 30.4 Å². The fourth-order valence-electron chi connectivity index (χ4n) is 2.38. The molecule has 2 aromatic heterocycles. The molecule has 0 aliphatic carbocycles. The number of halogens is 3. The van der Waals surface area contributed by atoms with E-state index in [9.17, 15) is 4.79 Å². The summed E-state index contributed by atoms with van der Waals surface area (Å²) in [7, 11) is 0. The van der Waals surface area contributed by atoms with Gasteiger partial charge >= 0.3 is 0 Å². The summed E-state index contributed by atoms with van der Waals surface area (Å²) in [5, 5.41) is 12.8. The van der Waals surface area contributed by atoms with E-state index in [-0.39, 0.29) is 12.3 Å². The van der Waals surface area contributed by atoms with Crippen LogP contribution in [0.25, 0.3) is 0 Å². The molecular formula is C17H16Cl3N5O. The first-order valence-corrected chi connectivity index (χ1v) is 9.01. The molecule has 0 radical (unpaired) electrons. The molecule has 0 atom stereocenters. The maximum atomic E-state index is 12.1. The SMILES string of the molecule is Cc1nn(CCC(=O)Nc2nn(Cc3ccccc3Cl)cc2Cl)cc1Cl. The van der Waals surface area contributed by atoms with E-state index in [1.54, 1.807) is 21.8 Å². The zero-order chi connectivity index (χ0) is 18.7. The average Bonchev–Trinajstić information content (AvgIpc) is 3.10. The maximum Gasteiger partial charge on any atom is 0.227 e. The normalized spacial score (nSPS) is 10.9. The highest BCUT2D eigenvalue weighted by atomic mass is 35.5. The first kappa shape index (κ1) is 18.8. The molecule has 9 heteroatoms. The van der Waals surface area contributed by atoms with Crippen LogP contribution in [0.1, 0.15) is 17.7 Å². The lowest BCUT2D eigenvalue weighted by molar-refractivity contribution is -0.116. The molecule has 0 aliphatic heterocycles. The predicted octanol–water partition coefficient (Wildman–Crippen LogP) is 4.43. The summed E-state index contributed by atoms with van der Waals surface area (Å²) in [6.45, 7) is 2.68. The number of anilines is 1. The Bertz CT molecular complexity index is 915. The van der Waals surface area contributed by atoms with E-state index in [0.717, 1.165) is 11.3 Å². The smallest absolute Gasteiger partial charge is 0.227 e. The fraction of sp³-hybridized carbons (Fsp3) is 0.235. The molecule has 0 saturated carbocycles. The highest BCUT2D eigenvalue weighted by Gasteiger charge is 2.12. The van der Waals surface area contributed by atoms with Gasteiger partial charge in [-0.15, -0.1) is 0 Å².